The molecule has 1 amide bonds. The van der Waals surface area contributed by atoms with Crippen LogP contribution in [0.25, 0.3) is 0 Å². The van der Waals surface area contributed by atoms with E-state index in [1.807, 2.05) is 0 Å². The molecule has 1 aliphatic rings. The molecule has 0 spiro atoms. The second-order valence-electron chi connectivity index (χ2n) is 3.46. The molecule has 0 radical (unpaired) electrons. The molecule has 1 saturated heterocycles. The number of carboxylic acid groups (broad SMARTS) is 1. The van der Waals surface area contributed by atoms with Gasteiger partial charge in [0.05, 0.1) is 19.3 Å². The van der Waals surface area contributed by atoms with Crippen LogP contribution < -0.4 is 0 Å². The minimum Gasteiger partial charge on any atom is -0.481 e. The van der Waals surface area contributed by atoms with Crippen molar-refractivity contribution >= 4 is 11.9 Å². The summed E-state index contributed by atoms with van der Waals surface area (Å²) in [5, 5.41) is 8.72. The highest BCUT2D eigenvalue weighted by atomic mass is 19.4. The van der Waals surface area contributed by atoms with Crippen molar-refractivity contribution in [2.75, 3.05) is 20.3 Å². The summed E-state index contributed by atoms with van der Waals surface area (Å²) in [5.41, 5.74) is 0. The Bertz CT molecular complexity index is 304. The van der Waals surface area contributed by atoms with Crippen molar-refractivity contribution in [3.63, 3.8) is 0 Å². The van der Waals surface area contributed by atoms with Gasteiger partial charge in [-0.2, -0.15) is 13.2 Å². The number of hydrogen-bond donors (Lipinski definition) is 1. The first-order valence-electron chi connectivity index (χ1n) is 4.39. The average Bonchev–Trinajstić information content (AvgIpc) is 2.62. The lowest BCUT2D eigenvalue weighted by Gasteiger charge is -2.26. The molecule has 8 heteroatoms. The minimum atomic E-state index is -5.00. The van der Waals surface area contributed by atoms with E-state index < -0.39 is 30.0 Å². The van der Waals surface area contributed by atoms with E-state index in [1.54, 1.807) is 0 Å². The van der Waals surface area contributed by atoms with Gasteiger partial charge in [-0.1, -0.05) is 0 Å². The predicted octanol–water partition coefficient (Wildman–Crippen LogP) is 0.107. The van der Waals surface area contributed by atoms with E-state index in [0.29, 0.717) is 4.90 Å². The number of aliphatic carboxylic acids is 1. The second kappa shape index (κ2) is 4.28. The van der Waals surface area contributed by atoms with Crippen LogP contribution in [0.4, 0.5) is 13.2 Å². The fourth-order valence-electron chi connectivity index (χ4n) is 1.51. The normalized spacial score (nSPS) is 25.5. The SMILES string of the molecule is CN(C(=O)C(F)(F)F)C1COCC1C(=O)O. The van der Waals surface area contributed by atoms with E-state index in [2.05, 4.69) is 0 Å². The number of carboxylic acids is 1. The van der Waals surface area contributed by atoms with Crippen LogP contribution in [-0.2, 0) is 14.3 Å². The van der Waals surface area contributed by atoms with Crippen LogP contribution in [0.2, 0.25) is 0 Å². The van der Waals surface area contributed by atoms with E-state index in [0.717, 1.165) is 7.05 Å². The Morgan fingerprint density at radius 1 is 1.38 bits per heavy atom. The number of rotatable bonds is 2. The first kappa shape index (κ1) is 12.8. The van der Waals surface area contributed by atoms with Gasteiger partial charge < -0.3 is 14.7 Å². The molecule has 1 rings (SSSR count). The summed E-state index contributed by atoms with van der Waals surface area (Å²) in [5.74, 6) is -4.45. The molecular formula is C8H10F3NO4. The quantitative estimate of drug-likeness (QED) is 0.745. The third-order valence-corrected chi connectivity index (χ3v) is 2.43. The lowest BCUT2D eigenvalue weighted by Crippen LogP contribution is -2.49. The zero-order valence-corrected chi connectivity index (χ0v) is 8.32. The molecule has 16 heavy (non-hydrogen) atoms. The molecule has 92 valence electrons. The van der Waals surface area contributed by atoms with Gasteiger partial charge in [-0.25, -0.2) is 0 Å². The summed E-state index contributed by atoms with van der Waals surface area (Å²) in [4.78, 5) is 21.9. The number of likely N-dealkylation sites (N-methyl/N-ethyl adjacent to an activating group) is 1. The number of amides is 1. The molecule has 1 fully saturated rings. The van der Waals surface area contributed by atoms with Crippen LogP contribution in [0.5, 0.6) is 0 Å². The van der Waals surface area contributed by atoms with Crippen molar-refractivity contribution in [1.82, 2.24) is 4.90 Å². The molecule has 0 aromatic carbocycles. The van der Waals surface area contributed by atoms with Crippen molar-refractivity contribution in [2.45, 2.75) is 12.2 Å². The summed E-state index contributed by atoms with van der Waals surface area (Å²) in [6.45, 7) is -0.384. The standard InChI is InChI=1S/C8H10F3NO4/c1-12(7(15)8(9,10)11)5-3-16-2-4(5)6(13)14/h4-5H,2-3H2,1H3,(H,13,14). The molecule has 1 N–H and O–H groups in total. The van der Waals surface area contributed by atoms with Crippen LogP contribution in [0, 0.1) is 5.92 Å². The third kappa shape index (κ3) is 2.43. The molecule has 0 aromatic heterocycles. The van der Waals surface area contributed by atoms with Gasteiger partial charge in [-0.3, -0.25) is 9.59 Å². The molecule has 0 aliphatic carbocycles. The lowest BCUT2D eigenvalue weighted by molar-refractivity contribution is -0.187. The highest BCUT2D eigenvalue weighted by molar-refractivity contribution is 5.83. The largest absolute Gasteiger partial charge is 0.481 e. The van der Waals surface area contributed by atoms with Crippen LogP contribution in [0.15, 0.2) is 0 Å². The summed E-state index contributed by atoms with van der Waals surface area (Å²) >= 11 is 0. The van der Waals surface area contributed by atoms with Crippen molar-refractivity contribution < 1.29 is 32.6 Å². The van der Waals surface area contributed by atoms with Crippen molar-refractivity contribution in [3.05, 3.63) is 0 Å². The highest BCUT2D eigenvalue weighted by Gasteiger charge is 2.47. The van der Waals surface area contributed by atoms with Crippen LogP contribution >= 0.6 is 0 Å². The predicted molar refractivity (Wildman–Crippen MR) is 44.6 cm³/mol. The van der Waals surface area contributed by atoms with E-state index in [9.17, 15) is 22.8 Å². The molecule has 1 aliphatic heterocycles. The summed E-state index contributed by atoms with van der Waals surface area (Å²) < 4.78 is 41.1. The molecule has 2 atom stereocenters. The maximum atomic E-state index is 12.1. The topological polar surface area (TPSA) is 66.8 Å². The summed E-state index contributed by atoms with van der Waals surface area (Å²) in [6, 6.07) is -1.08. The monoisotopic (exact) mass is 241 g/mol. The maximum absolute atomic E-state index is 12.1. The molecule has 1 heterocycles. The van der Waals surface area contributed by atoms with E-state index in [1.165, 1.54) is 0 Å². The van der Waals surface area contributed by atoms with Gasteiger partial charge in [0, 0.05) is 7.05 Å². The third-order valence-electron chi connectivity index (χ3n) is 2.43. The number of alkyl halides is 3. The number of nitrogens with zero attached hydrogens (tertiary/aromatic N) is 1. The first-order valence-corrected chi connectivity index (χ1v) is 4.39. The van der Waals surface area contributed by atoms with Gasteiger partial charge in [0.25, 0.3) is 0 Å². The summed E-state index contributed by atoms with van der Waals surface area (Å²) in [7, 11) is 0.922. The van der Waals surface area contributed by atoms with Crippen LogP contribution in [-0.4, -0.2) is 54.4 Å². The van der Waals surface area contributed by atoms with Gasteiger partial charge in [0.1, 0.15) is 5.92 Å². The van der Waals surface area contributed by atoms with E-state index in [4.69, 9.17) is 9.84 Å². The lowest BCUT2D eigenvalue weighted by atomic mass is 10.0. The molecule has 0 saturated carbocycles. The Labute approximate surface area is 88.8 Å². The molecular weight excluding hydrogens is 231 g/mol. The Morgan fingerprint density at radius 2 is 1.94 bits per heavy atom. The van der Waals surface area contributed by atoms with Gasteiger partial charge in [-0.15, -0.1) is 0 Å². The fraction of sp³-hybridized carbons (Fsp3) is 0.750. The number of ether oxygens (including phenoxy) is 1. The van der Waals surface area contributed by atoms with E-state index >= 15 is 0 Å². The van der Waals surface area contributed by atoms with Crippen LogP contribution in [0.3, 0.4) is 0 Å². The van der Waals surface area contributed by atoms with Crippen molar-refractivity contribution in [2.24, 2.45) is 5.92 Å². The zero-order chi connectivity index (χ0) is 12.5. The van der Waals surface area contributed by atoms with Gasteiger partial charge in [0.15, 0.2) is 0 Å². The molecule has 2 unspecified atom stereocenters. The fourth-order valence-corrected chi connectivity index (χ4v) is 1.51. The van der Waals surface area contributed by atoms with Gasteiger partial charge >= 0.3 is 18.1 Å². The first-order chi connectivity index (χ1) is 7.25. The molecule has 0 bridgehead atoms. The van der Waals surface area contributed by atoms with Crippen molar-refractivity contribution in [3.8, 4) is 0 Å². The second-order valence-corrected chi connectivity index (χ2v) is 3.46. The average molecular weight is 241 g/mol. The zero-order valence-electron chi connectivity index (χ0n) is 8.32. The van der Waals surface area contributed by atoms with E-state index in [-0.39, 0.29) is 13.2 Å². The Morgan fingerprint density at radius 3 is 2.38 bits per heavy atom. The Balaban J connectivity index is 2.77. The Kier molecular flexibility index (Phi) is 3.41. The number of halogens is 3. The highest BCUT2D eigenvalue weighted by Crippen LogP contribution is 2.24. The van der Waals surface area contributed by atoms with Crippen LogP contribution in [0.1, 0.15) is 0 Å². The van der Waals surface area contributed by atoms with Gasteiger partial charge in [-0.05, 0) is 0 Å². The maximum Gasteiger partial charge on any atom is 0.471 e. The summed E-state index contributed by atoms with van der Waals surface area (Å²) in [6.07, 6.45) is -5.00. The Hall–Kier alpha value is -1.31. The minimum absolute atomic E-state index is 0.185. The van der Waals surface area contributed by atoms with Gasteiger partial charge in [0.2, 0.25) is 0 Å². The number of carbonyl (C=O) groups is 2. The van der Waals surface area contributed by atoms with Crippen molar-refractivity contribution in [1.29, 1.82) is 0 Å². The molecule has 0 aromatic rings. The molecule has 5 nitrogen and oxygen atoms in total. The smallest absolute Gasteiger partial charge is 0.471 e. The number of hydrogen-bond acceptors (Lipinski definition) is 3. The number of carbonyl (C=O) groups excluding carboxylic acids is 1.